The molecular weight excluding hydrogens is 264 g/mol. The highest BCUT2D eigenvalue weighted by Gasteiger charge is 2.49. The average Bonchev–Trinajstić information content (AvgIpc) is 2.53. The van der Waals surface area contributed by atoms with Gasteiger partial charge in [-0.1, -0.05) is 43.6 Å². The third kappa shape index (κ3) is 2.72. The van der Waals surface area contributed by atoms with Gasteiger partial charge in [0.05, 0.1) is 23.5 Å². The van der Waals surface area contributed by atoms with Gasteiger partial charge >= 0.3 is 5.97 Å². The van der Waals surface area contributed by atoms with E-state index in [-0.39, 0.29) is 5.41 Å². The Hall–Kier alpha value is -2.07. The van der Waals surface area contributed by atoms with Gasteiger partial charge in [0.25, 0.3) is 0 Å². The lowest BCUT2D eigenvalue weighted by Gasteiger charge is -2.47. The maximum Gasteiger partial charge on any atom is 0.314 e. The van der Waals surface area contributed by atoms with E-state index in [1.165, 1.54) is 6.42 Å². The predicted molar refractivity (Wildman–Crippen MR) is 77.8 cm³/mol. The summed E-state index contributed by atoms with van der Waals surface area (Å²) in [5, 5.41) is 27.8. The third-order valence-corrected chi connectivity index (χ3v) is 5.01. The number of carbonyl (C=O) groups is 1. The summed E-state index contributed by atoms with van der Waals surface area (Å²) in [4.78, 5) is 11.1. The fourth-order valence-corrected chi connectivity index (χ4v) is 3.74. The van der Waals surface area contributed by atoms with Crippen LogP contribution in [0.2, 0.25) is 0 Å². The van der Waals surface area contributed by atoms with Gasteiger partial charge in [0.1, 0.15) is 0 Å². The van der Waals surface area contributed by atoms with Crippen molar-refractivity contribution in [3.05, 3.63) is 24.3 Å². The molecule has 2 aliphatic rings. The molecule has 0 bridgehead atoms. The van der Waals surface area contributed by atoms with Gasteiger partial charge in [0.15, 0.2) is 0 Å². The lowest BCUT2D eigenvalue weighted by Crippen LogP contribution is -2.41. The van der Waals surface area contributed by atoms with E-state index in [1.54, 1.807) is 24.3 Å². The molecule has 0 unspecified atom stereocenters. The van der Waals surface area contributed by atoms with Crippen molar-refractivity contribution in [1.29, 1.82) is 10.5 Å². The summed E-state index contributed by atoms with van der Waals surface area (Å²) in [6.07, 6.45) is 13.1. The number of hydrogen-bond donors (Lipinski definition) is 1. The van der Waals surface area contributed by atoms with Gasteiger partial charge in [-0.2, -0.15) is 10.5 Å². The smallest absolute Gasteiger partial charge is 0.314 e. The predicted octanol–water partition coefficient (Wildman–Crippen LogP) is 3.58. The van der Waals surface area contributed by atoms with E-state index in [2.05, 4.69) is 12.1 Å². The molecule has 0 amide bonds. The molecule has 4 nitrogen and oxygen atoms in total. The average molecular weight is 284 g/mol. The van der Waals surface area contributed by atoms with Gasteiger partial charge in [-0.3, -0.25) is 4.79 Å². The lowest BCUT2D eigenvalue weighted by molar-refractivity contribution is -0.138. The van der Waals surface area contributed by atoms with Crippen LogP contribution in [0.4, 0.5) is 0 Å². The van der Waals surface area contributed by atoms with Crippen molar-refractivity contribution in [2.75, 3.05) is 0 Å². The van der Waals surface area contributed by atoms with Crippen LogP contribution in [-0.4, -0.2) is 11.1 Å². The minimum Gasteiger partial charge on any atom is -0.481 e. The van der Waals surface area contributed by atoms with E-state index in [4.69, 9.17) is 10.4 Å². The Morgan fingerprint density at radius 1 is 1.19 bits per heavy atom. The summed E-state index contributed by atoms with van der Waals surface area (Å²) in [6, 6.07) is 4.62. The van der Waals surface area contributed by atoms with Crippen molar-refractivity contribution < 1.29 is 9.90 Å². The van der Waals surface area contributed by atoms with Crippen LogP contribution in [0, 0.1) is 39.4 Å². The first-order valence-electron chi connectivity index (χ1n) is 7.49. The molecule has 1 saturated carbocycles. The molecule has 4 heteroatoms. The van der Waals surface area contributed by atoms with Gasteiger partial charge in [-0.05, 0) is 24.7 Å². The Bertz CT molecular complexity index is 528. The lowest BCUT2D eigenvalue weighted by atomic mass is 9.54. The van der Waals surface area contributed by atoms with E-state index >= 15 is 0 Å². The number of carboxylic acid groups (broad SMARTS) is 1. The fourth-order valence-electron chi connectivity index (χ4n) is 3.74. The van der Waals surface area contributed by atoms with Gasteiger partial charge in [-0.15, -0.1) is 0 Å². The first kappa shape index (κ1) is 15.3. The molecule has 0 aromatic rings. The molecule has 0 atom stereocenters. The molecule has 110 valence electrons. The molecule has 2 rings (SSSR count). The normalized spacial score (nSPS) is 30.3. The highest BCUT2D eigenvalue weighted by atomic mass is 16.4. The minimum absolute atomic E-state index is 0.230. The zero-order chi connectivity index (χ0) is 15.3. The number of rotatable bonds is 4. The molecule has 0 spiro atoms. The second-order valence-corrected chi connectivity index (χ2v) is 6.06. The molecule has 0 saturated heterocycles. The molecular formula is C17H20N2O2. The second kappa shape index (κ2) is 6.14. The standard InChI is InChI=1S/C17H20N2O2/c18-12-4-9-16(7-2-1-3-8-16)17(13-19)10-5-14(6-11-17)15(20)21/h5-6,10-11,14H,1-4,7-9H2,(H,20,21). The molecule has 21 heavy (non-hydrogen) atoms. The Morgan fingerprint density at radius 2 is 1.81 bits per heavy atom. The van der Waals surface area contributed by atoms with Crippen molar-refractivity contribution in [1.82, 2.24) is 0 Å². The summed E-state index contributed by atoms with van der Waals surface area (Å²) in [5.41, 5.74) is -0.998. The number of nitriles is 2. The highest BCUT2D eigenvalue weighted by Crippen LogP contribution is 2.55. The Morgan fingerprint density at radius 3 is 2.29 bits per heavy atom. The summed E-state index contributed by atoms with van der Waals surface area (Å²) in [7, 11) is 0. The van der Waals surface area contributed by atoms with Crippen molar-refractivity contribution in [2.45, 2.75) is 44.9 Å². The Labute approximate surface area is 125 Å². The quantitative estimate of drug-likeness (QED) is 0.799. The van der Waals surface area contributed by atoms with Crippen LogP contribution in [0.15, 0.2) is 24.3 Å². The Kier molecular flexibility index (Phi) is 4.48. The Balaban J connectivity index is 2.35. The summed E-state index contributed by atoms with van der Waals surface area (Å²) < 4.78 is 0. The molecule has 2 aliphatic carbocycles. The van der Waals surface area contributed by atoms with Gasteiger partial charge in [0.2, 0.25) is 0 Å². The number of aliphatic carboxylic acids is 1. The molecule has 0 radical (unpaired) electrons. The van der Waals surface area contributed by atoms with Crippen LogP contribution in [0.25, 0.3) is 0 Å². The van der Waals surface area contributed by atoms with Crippen LogP contribution in [0.3, 0.4) is 0 Å². The number of allylic oxidation sites excluding steroid dienone is 2. The summed E-state index contributed by atoms with van der Waals surface area (Å²) in [6.45, 7) is 0. The van der Waals surface area contributed by atoms with E-state index in [0.717, 1.165) is 25.7 Å². The largest absolute Gasteiger partial charge is 0.481 e. The van der Waals surface area contributed by atoms with Crippen LogP contribution >= 0.6 is 0 Å². The van der Waals surface area contributed by atoms with E-state index in [0.29, 0.717) is 12.8 Å². The minimum atomic E-state index is -0.899. The van der Waals surface area contributed by atoms with E-state index in [1.807, 2.05) is 0 Å². The third-order valence-electron chi connectivity index (χ3n) is 5.01. The molecule has 0 heterocycles. The highest BCUT2D eigenvalue weighted by molar-refractivity contribution is 5.75. The maximum absolute atomic E-state index is 11.1. The molecule has 0 aromatic carbocycles. The first-order valence-corrected chi connectivity index (χ1v) is 7.49. The zero-order valence-electron chi connectivity index (χ0n) is 12.1. The second-order valence-electron chi connectivity index (χ2n) is 6.06. The molecule has 1 N–H and O–H groups in total. The van der Waals surface area contributed by atoms with E-state index in [9.17, 15) is 10.1 Å². The van der Waals surface area contributed by atoms with Gasteiger partial charge < -0.3 is 5.11 Å². The van der Waals surface area contributed by atoms with Crippen molar-refractivity contribution in [3.63, 3.8) is 0 Å². The van der Waals surface area contributed by atoms with Crippen molar-refractivity contribution in [2.24, 2.45) is 16.7 Å². The molecule has 0 aromatic heterocycles. The van der Waals surface area contributed by atoms with Crippen LogP contribution < -0.4 is 0 Å². The molecule has 0 aliphatic heterocycles. The maximum atomic E-state index is 11.1. The number of nitrogens with zero attached hydrogens (tertiary/aromatic N) is 2. The zero-order valence-corrected chi connectivity index (χ0v) is 12.1. The van der Waals surface area contributed by atoms with Crippen LogP contribution in [0.1, 0.15) is 44.9 Å². The SMILES string of the molecule is N#CCCC1(C2(C#N)C=CC(C(=O)O)C=C2)CCCCC1. The summed E-state index contributed by atoms with van der Waals surface area (Å²) >= 11 is 0. The fraction of sp³-hybridized carbons (Fsp3) is 0.588. The monoisotopic (exact) mass is 284 g/mol. The van der Waals surface area contributed by atoms with Crippen molar-refractivity contribution in [3.8, 4) is 12.1 Å². The van der Waals surface area contributed by atoms with E-state index < -0.39 is 17.3 Å². The van der Waals surface area contributed by atoms with Crippen LogP contribution in [0.5, 0.6) is 0 Å². The topological polar surface area (TPSA) is 84.9 Å². The first-order chi connectivity index (χ1) is 10.1. The summed E-state index contributed by atoms with van der Waals surface area (Å²) in [5.74, 6) is -1.55. The van der Waals surface area contributed by atoms with Crippen LogP contribution in [-0.2, 0) is 4.79 Å². The van der Waals surface area contributed by atoms with Crippen molar-refractivity contribution >= 4 is 5.97 Å². The van der Waals surface area contributed by atoms with Gasteiger partial charge in [0, 0.05) is 6.42 Å². The van der Waals surface area contributed by atoms with Gasteiger partial charge in [-0.25, -0.2) is 0 Å². The number of carboxylic acids is 1. The number of hydrogen-bond acceptors (Lipinski definition) is 3. The molecule has 1 fully saturated rings.